The van der Waals surface area contributed by atoms with E-state index in [-0.39, 0.29) is 5.60 Å². The van der Waals surface area contributed by atoms with Gasteiger partial charge in [-0.25, -0.2) is 0 Å². The van der Waals surface area contributed by atoms with Crippen LogP contribution in [0, 0.1) is 0 Å². The van der Waals surface area contributed by atoms with Crippen molar-refractivity contribution in [3.05, 3.63) is 0 Å². The van der Waals surface area contributed by atoms with Gasteiger partial charge in [-0.05, 0) is 46.2 Å². The highest BCUT2D eigenvalue weighted by Gasteiger charge is 2.30. The molecule has 0 aromatic carbocycles. The second kappa shape index (κ2) is 7.43. The third-order valence-electron chi connectivity index (χ3n) is 4.23. The van der Waals surface area contributed by atoms with Crippen molar-refractivity contribution in [3.63, 3.8) is 0 Å². The number of aliphatic hydroxyl groups is 1. The third kappa shape index (κ3) is 4.19. The Morgan fingerprint density at radius 2 is 2.22 bits per heavy atom. The van der Waals surface area contributed by atoms with Gasteiger partial charge in [-0.2, -0.15) is 0 Å². The topological polar surface area (TPSA) is 44.7 Å². The van der Waals surface area contributed by atoms with Crippen molar-refractivity contribution in [3.8, 4) is 0 Å². The molecule has 4 heteroatoms. The minimum atomic E-state index is -0.148. The van der Waals surface area contributed by atoms with Crippen molar-refractivity contribution in [2.24, 2.45) is 0 Å². The molecule has 4 nitrogen and oxygen atoms in total. The molecule has 1 heterocycles. The predicted molar refractivity (Wildman–Crippen MR) is 74.9 cm³/mol. The van der Waals surface area contributed by atoms with E-state index >= 15 is 0 Å². The molecular weight excluding hydrogens is 228 g/mol. The Labute approximate surface area is 112 Å². The SMILES string of the molecule is CCNC(CCN1CCCC1CO)C(C)(C)OC. The average Bonchev–Trinajstić information content (AvgIpc) is 2.81. The Hall–Kier alpha value is -0.160. The smallest absolute Gasteiger partial charge is 0.0775 e. The summed E-state index contributed by atoms with van der Waals surface area (Å²) in [7, 11) is 1.77. The lowest BCUT2D eigenvalue weighted by atomic mass is 9.95. The molecule has 18 heavy (non-hydrogen) atoms. The summed E-state index contributed by atoms with van der Waals surface area (Å²) in [6, 6.07) is 0.727. The normalized spacial score (nSPS) is 23.5. The van der Waals surface area contributed by atoms with Crippen molar-refractivity contribution >= 4 is 0 Å². The first kappa shape index (κ1) is 15.9. The number of likely N-dealkylation sites (N-methyl/N-ethyl adjacent to an activating group) is 1. The fourth-order valence-corrected chi connectivity index (χ4v) is 2.78. The van der Waals surface area contributed by atoms with E-state index in [1.54, 1.807) is 7.11 Å². The second-order valence-electron chi connectivity index (χ2n) is 5.72. The minimum Gasteiger partial charge on any atom is -0.395 e. The van der Waals surface area contributed by atoms with Crippen molar-refractivity contribution in [2.75, 3.05) is 33.4 Å². The number of hydrogen-bond donors (Lipinski definition) is 2. The number of nitrogens with one attached hydrogen (secondary N) is 1. The van der Waals surface area contributed by atoms with Gasteiger partial charge < -0.3 is 15.2 Å². The fraction of sp³-hybridized carbons (Fsp3) is 1.00. The molecule has 0 aromatic heterocycles. The van der Waals surface area contributed by atoms with Crippen LogP contribution < -0.4 is 5.32 Å². The molecule has 1 rings (SSSR count). The van der Waals surface area contributed by atoms with Gasteiger partial charge >= 0.3 is 0 Å². The van der Waals surface area contributed by atoms with Crippen LogP contribution >= 0.6 is 0 Å². The Balaban J connectivity index is 2.46. The zero-order valence-electron chi connectivity index (χ0n) is 12.4. The van der Waals surface area contributed by atoms with E-state index in [9.17, 15) is 5.11 Å². The molecule has 1 aliphatic heterocycles. The largest absolute Gasteiger partial charge is 0.395 e. The van der Waals surface area contributed by atoms with Gasteiger partial charge in [0.05, 0.1) is 12.2 Å². The van der Waals surface area contributed by atoms with Crippen molar-refractivity contribution in [2.45, 2.75) is 57.7 Å². The lowest BCUT2D eigenvalue weighted by Crippen LogP contribution is -2.50. The number of rotatable bonds is 8. The van der Waals surface area contributed by atoms with Gasteiger partial charge in [0.2, 0.25) is 0 Å². The van der Waals surface area contributed by atoms with Crippen molar-refractivity contribution < 1.29 is 9.84 Å². The zero-order chi connectivity index (χ0) is 13.6. The van der Waals surface area contributed by atoms with Gasteiger partial charge in [0.15, 0.2) is 0 Å². The molecular formula is C14H30N2O2. The average molecular weight is 258 g/mol. The van der Waals surface area contributed by atoms with Gasteiger partial charge in [-0.15, -0.1) is 0 Å². The highest BCUT2D eigenvalue weighted by molar-refractivity contribution is 4.87. The first-order valence-corrected chi connectivity index (χ1v) is 7.18. The maximum atomic E-state index is 9.33. The maximum Gasteiger partial charge on any atom is 0.0775 e. The molecule has 1 saturated heterocycles. The Kier molecular flexibility index (Phi) is 6.57. The summed E-state index contributed by atoms with van der Waals surface area (Å²) in [6.45, 7) is 9.81. The molecule has 0 radical (unpaired) electrons. The van der Waals surface area contributed by atoms with Gasteiger partial charge in [0.1, 0.15) is 0 Å². The zero-order valence-corrected chi connectivity index (χ0v) is 12.4. The molecule has 0 spiro atoms. The van der Waals surface area contributed by atoms with Crippen LogP contribution in [0.3, 0.4) is 0 Å². The maximum absolute atomic E-state index is 9.33. The summed E-state index contributed by atoms with van der Waals surface area (Å²) in [6.07, 6.45) is 3.41. The van der Waals surface area contributed by atoms with Crippen molar-refractivity contribution in [1.29, 1.82) is 0 Å². The number of hydrogen-bond acceptors (Lipinski definition) is 4. The lowest BCUT2D eigenvalue weighted by Gasteiger charge is -2.35. The highest BCUT2D eigenvalue weighted by Crippen LogP contribution is 2.21. The van der Waals surface area contributed by atoms with Crippen LogP contribution in [0.1, 0.15) is 40.0 Å². The standard InChI is InChI=1S/C14H30N2O2/c1-5-15-13(14(2,3)18-4)8-10-16-9-6-7-12(16)11-17/h12-13,15,17H,5-11H2,1-4H3. The molecule has 0 amide bonds. The number of nitrogens with zero attached hydrogens (tertiary/aromatic N) is 1. The quantitative estimate of drug-likeness (QED) is 0.687. The lowest BCUT2D eigenvalue weighted by molar-refractivity contribution is -0.0152. The van der Waals surface area contributed by atoms with Crippen molar-refractivity contribution in [1.82, 2.24) is 10.2 Å². The van der Waals surface area contributed by atoms with E-state index in [0.717, 1.165) is 32.5 Å². The first-order valence-electron chi connectivity index (χ1n) is 7.18. The highest BCUT2D eigenvalue weighted by atomic mass is 16.5. The summed E-state index contributed by atoms with van der Waals surface area (Å²) in [5.41, 5.74) is -0.148. The molecule has 2 N–H and O–H groups in total. The van der Waals surface area contributed by atoms with Crippen LogP contribution in [-0.4, -0.2) is 61.0 Å². The van der Waals surface area contributed by atoms with Gasteiger partial charge in [0.25, 0.3) is 0 Å². The summed E-state index contributed by atoms with van der Waals surface area (Å²) >= 11 is 0. The van der Waals surface area contributed by atoms with Crippen LogP contribution in [0.25, 0.3) is 0 Å². The first-order chi connectivity index (χ1) is 8.55. The molecule has 0 bridgehead atoms. The second-order valence-corrected chi connectivity index (χ2v) is 5.72. The number of ether oxygens (including phenoxy) is 1. The predicted octanol–water partition coefficient (Wildman–Crippen LogP) is 1.24. The Morgan fingerprint density at radius 3 is 2.78 bits per heavy atom. The van der Waals surface area contributed by atoms with E-state index in [2.05, 4.69) is 31.0 Å². The molecule has 0 aromatic rings. The molecule has 0 saturated carbocycles. The van der Waals surface area contributed by atoms with Crippen LogP contribution in [0.4, 0.5) is 0 Å². The number of methoxy groups -OCH3 is 1. The molecule has 108 valence electrons. The summed E-state index contributed by atoms with van der Waals surface area (Å²) in [5, 5.41) is 12.8. The summed E-state index contributed by atoms with van der Waals surface area (Å²) < 4.78 is 5.59. The minimum absolute atomic E-state index is 0.148. The van der Waals surface area contributed by atoms with Gasteiger partial charge in [-0.1, -0.05) is 6.92 Å². The molecule has 2 unspecified atom stereocenters. The number of aliphatic hydroxyl groups excluding tert-OH is 1. The van der Waals surface area contributed by atoms with E-state index in [1.165, 1.54) is 6.42 Å². The molecule has 0 aliphatic carbocycles. The number of likely N-dealkylation sites (tertiary alicyclic amines) is 1. The fourth-order valence-electron chi connectivity index (χ4n) is 2.78. The third-order valence-corrected chi connectivity index (χ3v) is 4.23. The summed E-state index contributed by atoms with van der Waals surface area (Å²) in [5.74, 6) is 0. The summed E-state index contributed by atoms with van der Waals surface area (Å²) in [4.78, 5) is 2.41. The van der Waals surface area contributed by atoms with Crippen LogP contribution in [-0.2, 0) is 4.74 Å². The Morgan fingerprint density at radius 1 is 1.50 bits per heavy atom. The van der Waals surface area contributed by atoms with Gasteiger partial charge in [0, 0.05) is 25.7 Å². The van der Waals surface area contributed by atoms with Crippen LogP contribution in [0.15, 0.2) is 0 Å². The van der Waals surface area contributed by atoms with E-state index in [1.807, 2.05) is 0 Å². The van der Waals surface area contributed by atoms with E-state index < -0.39 is 0 Å². The van der Waals surface area contributed by atoms with Crippen LogP contribution in [0.2, 0.25) is 0 Å². The van der Waals surface area contributed by atoms with E-state index in [0.29, 0.717) is 18.7 Å². The molecule has 1 aliphatic rings. The molecule has 2 atom stereocenters. The van der Waals surface area contributed by atoms with Gasteiger partial charge in [-0.3, -0.25) is 4.90 Å². The Bertz CT molecular complexity index is 234. The van der Waals surface area contributed by atoms with E-state index in [4.69, 9.17) is 4.74 Å². The van der Waals surface area contributed by atoms with Crippen LogP contribution in [0.5, 0.6) is 0 Å². The monoisotopic (exact) mass is 258 g/mol. The molecule has 1 fully saturated rings.